The van der Waals surface area contributed by atoms with Gasteiger partial charge in [0.25, 0.3) is 0 Å². The Morgan fingerprint density at radius 1 is 0.921 bits per heavy atom. The number of aliphatic hydroxyl groups is 1. The first-order valence-electron chi connectivity index (χ1n) is 14.5. The van der Waals surface area contributed by atoms with E-state index < -0.39 is 32.3 Å². The van der Waals surface area contributed by atoms with Crippen LogP contribution in [0, 0.1) is 0 Å². The maximum Gasteiger partial charge on any atom is 0.353 e. The van der Waals surface area contributed by atoms with E-state index in [4.69, 9.17) is 19.7 Å². The van der Waals surface area contributed by atoms with E-state index in [9.17, 15) is 19.4 Å². The lowest BCUT2D eigenvalue weighted by molar-refractivity contribution is 0.0162. The first kappa shape index (κ1) is 34.7. The molecule has 0 aliphatic rings. The van der Waals surface area contributed by atoms with E-state index in [-0.39, 0.29) is 19.0 Å². The number of nitrogen functional groups attached to an aromatic ring is 1. The Morgan fingerprint density at radius 2 is 1.47 bits per heavy atom. The number of aliphatic hydroxyl groups excluding tert-OH is 1. The van der Waals surface area contributed by atoms with E-state index >= 15 is 0 Å². The molecule has 1 rings (SSSR count). The van der Waals surface area contributed by atoms with Gasteiger partial charge in [0.1, 0.15) is 12.2 Å². The number of anilines is 1. The highest BCUT2D eigenvalue weighted by molar-refractivity contribution is 7.52. The first-order valence-corrected chi connectivity index (χ1v) is 16.2. The monoisotopic (exact) mass is 561 g/mol. The fraction of sp³-hybridized carbons (Fsp3) is 0.852. The van der Waals surface area contributed by atoms with Gasteiger partial charge in [0.05, 0.1) is 25.9 Å². The summed E-state index contributed by atoms with van der Waals surface area (Å²) < 4.78 is 29.3. The molecule has 222 valence electrons. The van der Waals surface area contributed by atoms with Gasteiger partial charge in [-0.05, 0) is 18.9 Å². The number of nitrogens with two attached hydrogens (primary N) is 1. The predicted octanol–water partition coefficient (Wildman–Crippen LogP) is 5.25. The van der Waals surface area contributed by atoms with Crippen molar-refractivity contribution in [2.75, 3.05) is 38.5 Å². The maximum atomic E-state index is 12.2. The highest BCUT2D eigenvalue weighted by atomic mass is 31.2. The van der Waals surface area contributed by atoms with Gasteiger partial charge in [0, 0.05) is 19.4 Å². The summed E-state index contributed by atoms with van der Waals surface area (Å²) in [7, 11) is -3.99. The van der Waals surface area contributed by atoms with Crippen LogP contribution in [-0.4, -0.2) is 58.4 Å². The first-order chi connectivity index (χ1) is 18.4. The van der Waals surface area contributed by atoms with Gasteiger partial charge >= 0.3 is 13.3 Å². The second-order valence-electron chi connectivity index (χ2n) is 9.92. The normalized spacial score (nSPS) is 14.0. The Morgan fingerprint density at radius 3 is 2.03 bits per heavy atom. The van der Waals surface area contributed by atoms with Crippen molar-refractivity contribution >= 4 is 13.4 Å². The van der Waals surface area contributed by atoms with Crippen LogP contribution in [0.4, 0.5) is 5.82 Å². The predicted molar refractivity (Wildman–Crippen MR) is 151 cm³/mol. The molecule has 4 N–H and O–H groups in total. The molecule has 38 heavy (non-hydrogen) atoms. The van der Waals surface area contributed by atoms with Crippen LogP contribution >= 0.6 is 7.60 Å². The minimum absolute atomic E-state index is 0.0320. The smallest absolute Gasteiger partial charge is 0.353 e. The van der Waals surface area contributed by atoms with E-state index in [0.29, 0.717) is 19.6 Å². The van der Waals surface area contributed by atoms with Crippen molar-refractivity contribution in [3.63, 3.8) is 0 Å². The average Bonchev–Trinajstić information content (AvgIpc) is 2.89. The van der Waals surface area contributed by atoms with Crippen LogP contribution in [0.1, 0.15) is 103 Å². The van der Waals surface area contributed by atoms with Crippen molar-refractivity contribution in [2.24, 2.45) is 0 Å². The van der Waals surface area contributed by atoms with Crippen molar-refractivity contribution in [3.8, 4) is 0 Å². The summed E-state index contributed by atoms with van der Waals surface area (Å²) in [6.07, 6.45) is 18.9. The molecular formula is C27H52N3O7P. The molecule has 0 amide bonds. The van der Waals surface area contributed by atoms with Crippen LogP contribution in [0.15, 0.2) is 17.1 Å². The third kappa shape index (κ3) is 18.9. The second kappa shape index (κ2) is 22.5. The Bertz CT molecular complexity index is 809. The topological polar surface area (TPSA) is 146 Å². The van der Waals surface area contributed by atoms with Gasteiger partial charge in [-0.3, -0.25) is 9.13 Å². The fourth-order valence-electron chi connectivity index (χ4n) is 4.07. The summed E-state index contributed by atoms with van der Waals surface area (Å²) in [5.74, 6) is 0.0875. The van der Waals surface area contributed by atoms with Crippen LogP contribution in [0.25, 0.3) is 0 Å². The van der Waals surface area contributed by atoms with Crippen LogP contribution in [-0.2, 0) is 25.1 Å². The van der Waals surface area contributed by atoms with Crippen molar-refractivity contribution in [3.05, 3.63) is 22.7 Å². The standard InChI is InChI=1S/C27H52N3O7P/c1-2-3-4-5-6-7-8-9-10-11-12-13-14-15-19-35-20-16-21-37-38(33,34)24-36-25(23-31)22-30-18-17-26(28)29-27(30)32/h17-18,25,31H,2-16,19-24H2,1H3,(H,33,34)(H2,28,29,32). The average molecular weight is 562 g/mol. The quantitative estimate of drug-likeness (QED) is 0.102. The highest BCUT2D eigenvalue weighted by Gasteiger charge is 2.22. The molecule has 1 aromatic rings. The minimum Gasteiger partial charge on any atom is -0.394 e. The number of hydrogen-bond acceptors (Lipinski definition) is 8. The maximum absolute atomic E-state index is 12.2. The van der Waals surface area contributed by atoms with Crippen LogP contribution in [0.5, 0.6) is 0 Å². The lowest BCUT2D eigenvalue weighted by Gasteiger charge is -2.19. The Labute approximate surface area is 228 Å². The third-order valence-corrected chi connectivity index (χ3v) is 7.40. The van der Waals surface area contributed by atoms with Crippen molar-refractivity contribution in [1.82, 2.24) is 9.55 Å². The molecule has 0 fully saturated rings. The Kier molecular flexibility index (Phi) is 20.6. The zero-order chi connectivity index (χ0) is 27.9. The summed E-state index contributed by atoms with van der Waals surface area (Å²) in [6.45, 7) is 3.01. The zero-order valence-electron chi connectivity index (χ0n) is 23.4. The van der Waals surface area contributed by atoms with Crippen molar-refractivity contribution in [1.29, 1.82) is 0 Å². The van der Waals surface area contributed by atoms with E-state index in [2.05, 4.69) is 11.9 Å². The van der Waals surface area contributed by atoms with Gasteiger partial charge in [0.15, 0.2) is 0 Å². The van der Waals surface area contributed by atoms with Crippen molar-refractivity contribution in [2.45, 2.75) is 116 Å². The molecule has 1 aromatic heterocycles. The fourth-order valence-corrected chi connectivity index (χ4v) is 4.96. The van der Waals surface area contributed by atoms with E-state index in [0.717, 1.165) is 6.42 Å². The van der Waals surface area contributed by atoms with E-state index in [1.807, 2.05) is 0 Å². The largest absolute Gasteiger partial charge is 0.394 e. The second-order valence-corrected chi connectivity index (χ2v) is 11.7. The van der Waals surface area contributed by atoms with E-state index in [1.165, 1.54) is 100 Å². The van der Waals surface area contributed by atoms with Crippen molar-refractivity contribution < 1.29 is 28.6 Å². The Hall–Kier alpha value is -1.29. The number of hydrogen-bond donors (Lipinski definition) is 3. The van der Waals surface area contributed by atoms with E-state index in [1.54, 1.807) is 0 Å². The SMILES string of the molecule is CCCCCCCCCCCCCCCCOCCCOP(=O)(O)COC(CO)Cn1ccc(N)nc1=O. The molecule has 0 spiro atoms. The number of rotatable bonds is 26. The minimum atomic E-state index is -3.99. The summed E-state index contributed by atoms with van der Waals surface area (Å²) in [5, 5.41) is 9.46. The lowest BCUT2D eigenvalue weighted by Crippen LogP contribution is -2.32. The van der Waals surface area contributed by atoms with Gasteiger partial charge in [-0.1, -0.05) is 90.4 Å². The van der Waals surface area contributed by atoms with Gasteiger partial charge in [-0.25, -0.2) is 4.79 Å². The highest BCUT2D eigenvalue weighted by Crippen LogP contribution is 2.42. The van der Waals surface area contributed by atoms with Gasteiger partial charge < -0.3 is 29.7 Å². The summed E-state index contributed by atoms with van der Waals surface area (Å²) in [4.78, 5) is 25.3. The number of ether oxygens (including phenoxy) is 2. The zero-order valence-corrected chi connectivity index (χ0v) is 24.3. The van der Waals surface area contributed by atoms with Gasteiger partial charge in [-0.2, -0.15) is 4.98 Å². The van der Waals surface area contributed by atoms with Gasteiger partial charge in [-0.15, -0.1) is 0 Å². The number of nitrogens with zero attached hydrogens (tertiary/aromatic N) is 2. The number of unbranched alkanes of at least 4 members (excludes halogenated alkanes) is 13. The molecular weight excluding hydrogens is 509 g/mol. The molecule has 0 saturated heterocycles. The molecule has 0 saturated carbocycles. The molecule has 1 heterocycles. The molecule has 10 nitrogen and oxygen atoms in total. The molecule has 0 bridgehead atoms. The summed E-state index contributed by atoms with van der Waals surface area (Å²) in [5.41, 5.74) is 4.85. The molecule has 0 radical (unpaired) electrons. The Balaban J connectivity index is 1.94. The third-order valence-electron chi connectivity index (χ3n) is 6.34. The molecule has 2 atom stereocenters. The molecule has 0 aromatic carbocycles. The van der Waals surface area contributed by atoms with Crippen LogP contribution in [0.2, 0.25) is 0 Å². The molecule has 2 unspecified atom stereocenters. The summed E-state index contributed by atoms with van der Waals surface area (Å²) in [6, 6.07) is 1.44. The molecule has 11 heteroatoms. The van der Waals surface area contributed by atoms with Gasteiger partial charge in [0.2, 0.25) is 0 Å². The van der Waals surface area contributed by atoms with Crippen LogP contribution in [0.3, 0.4) is 0 Å². The summed E-state index contributed by atoms with van der Waals surface area (Å²) >= 11 is 0. The molecule has 0 aliphatic carbocycles. The lowest BCUT2D eigenvalue weighted by atomic mass is 10.0. The number of aromatic nitrogens is 2. The molecule has 0 aliphatic heterocycles. The van der Waals surface area contributed by atoms with Crippen LogP contribution < -0.4 is 11.4 Å².